The van der Waals surface area contributed by atoms with E-state index in [1.165, 1.54) is 25.7 Å². The lowest BCUT2D eigenvalue weighted by Gasteiger charge is -2.31. The van der Waals surface area contributed by atoms with E-state index in [-0.39, 0.29) is 23.8 Å². The first-order valence-corrected chi connectivity index (χ1v) is 5.87. The van der Waals surface area contributed by atoms with Gasteiger partial charge in [-0.05, 0) is 43.4 Å². The Labute approximate surface area is 88.2 Å². The second kappa shape index (κ2) is 2.00. The van der Waals surface area contributed by atoms with Crippen molar-refractivity contribution in [1.82, 2.24) is 0 Å². The number of hydrogen-bond acceptors (Lipinski definition) is 3. The Kier molecular flexibility index (Phi) is 1.11. The van der Waals surface area contributed by atoms with Crippen molar-refractivity contribution in [2.75, 3.05) is 0 Å². The number of fused-ring (bicyclic) bond motifs is 1. The summed E-state index contributed by atoms with van der Waals surface area (Å²) in [6, 6.07) is 0. The Morgan fingerprint density at radius 1 is 1.27 bits per heavy atom. The molecular formula is C12H14O3. The van der Waals surface area contributed by atoms with Crippen molar-refractivity contribution >= 4 is 11.8 Å². The molecule has 4 rings (SSSR count). The van der Waals surface area contributed by atoms with Gasteiger partial charge >= 0.3 is 5.97 Å². The third-order valence-corrected chi connectivity index (χ3v) is 5.21. The number of Topliss-reactive ketones (excluding diaryl/α,β-unsaturated/α-hetero) is 1. The van der Waals surface area contributed by atoms with Gasteiger partial charge in [0.25, 0.3) is 0 Å². The summed E-state index contributed by atoms with van der Waals surface area (Å²) in [6.45, 7) is 1.82. The predicted octanol–water partition coefficient (Wildman–Crippen LogP) is 1.31. The zero-order chi connectivity index (χ0) is 10.4. The maximum absolute atomic E-state index is 12.2. The van der Waals surface area contributed by atoms with E-state index in [0.29, 0.717) is 10.8 Å². The molecule has 80 valence electrons. The first kappa shape index (κ1) is 8.31. The lowest BCUT2D eigenvalue weighted by Crippen LogP contribution is -2.48. The Morgan fingerprint density at radius 2 is 1.80 bits per heavy atom. The SMILES string of the molecule is C[C@@H]1OC(=O)[C@H]1C(=O)C1C2(CC2)C12CC2. The first-order chi connectivity index (χ1) is 7.12. The van der Waals surface area contributed by atoms with Crippen LogP contribution in [0, 0.1) is 22.7 Å². The fraction of sp³-hybridized carbons (Fsp3) is 0.833. The standard InChI is InChI=1S/C12H14O3/c1-6-7(10(14)15-6)8(13)9-11(2-3-11)12(9)4-5-12/h6-7,9H,2-5H2,1H3/t6-,7+/m0/s1. The van der Waals surface area contributed by atoms with Gasteiger partial charge in [-0.15, -0.1) is 0 Å². The molecule has 3 saturated carbocycles. The summed E-state index contributed by atoms with van der Waals surface area (Å²) in [6.07, 6.45) is 4.72. The van der Waals surface area contributed by atoms with Crippen LogP contribution in [0.2, 0.25) is 0 Å². The monoisotopic (exact) mass is 206 g/mol. The fourth-order valence-electron chi connectivity index (χ4n) is 4.10. The molecule has 15 heavy (non-hydrogen) atoms. The number of cyclic esters (lactones) is 1. The van der Waals surface area contributed by atoms with Crippen LogP contribution < -0.4 is 0 Å². The smallest absolute Gasteiger partial charge is 0.320 e. The predicted molar refractivity (Wildman–Crippen MR) is 50.9 cm³/mol. The minimum atomic E-state index is -0.424. The molecule has 2 spiro atoms. The highest BCUT2D eigenvalue weighted by molar-refractivity contribution is 6.06. The summed E-state index contributed by atoms with van der Waals surface area (Å²) in [5.41, 5.74) is 0.749. The number of rotatable bonds is 2. The van der Waals surface area contributed by atoms with Crippen LogP contribution in [0.15, 0.2) is 0 Å². The van der Waals surface area contributed by atoms with Crippen LogP contribution in [-0.4, -0.2) is 17.9 Å². The van der Waals surface area contributed by atoms with Crippen molar-refractivity contribution < 1.29 is 14.3 Å². The van der Waals surface area contributed by atoms with E-state index in [4.69, 9.17) is 4.74 Å². The van der Waals surface area contributed by atoms with Gasteiger partial charge in [-0.2, -0.15) is 0 Å². The molecule has 0 bridgehead atoms. The van der Waals surface area contributed by atoms with Gasteiger partial charge in [0.1, 0.15) is 6.10 Å². The Morgan fingerprint density at radius 3 is 2.13 bits per heavy atom. The van der Waals surface area contributed by atoms with Gasteiger partial charge in [0.15, 0.2) is 11.7 Å². The minimum Gasteiger partial charge on any atom is -0.461 e. The molecule has 0 aromatic rings. The quantitative estimate of drug-likeness (QED) is 0.505. The molecule has 3 heteroatoms. The molecule has 0 N–H and O–H groups in total. The van der Waals surface area contributed by atoms with Crippen molar-refractivity contribution in [3.8, 4) is 0 Å². The number of carbonyl (C=O) groups is 2. The van der Waals surface area contributed by atoms with Crippen molar-refractivity contribution in [2.24, 2.45) is 22.7 Å². The molecule has 0 aromatic heterocycles. The summed E-state index contributed by atoms with van der Waals surface area (Å²) < 4.78 is 4.87. The molecule has 2 atom stereocenters. The number of ether oxygens (including phenoxy) is 1. The van der Waals surface area contributed by atoms with Crippen LogP contribution in [0.5, 0.6) is 0 Å². The average Bonchev–Trinajstić information content (AvgIpc) is 2.99. The summed E-state index contributed by atoms with van der Waals surface area (Å²) in [5, 5.41) is 0. The molecule has 1 heterocycles. The van der Waals surface area contributed by atoms with Crippen molar-refractivity contribution in [3.05, 3.63) is 0 Å². The minimum absolute atomic E-state index is 0.169. The largest absolute Gasteiger partial charge is 0.461 e. The number of esters is 1. The van der Waals surface area contributed by atoms with E-state index in [1.807, 2.05) is 6.92 Å². The highest BCUT2D eigenvalue weighted by Crippen LogP contribution is 2.92. The van der Waals surface area contributed by atoms with E-state index in [0.717, 1.165) is 0 Å². The van der Waals surface area contributed by atoms with Gasteiger partial charge in [0.05, 0.1) is 0 Å². The van der Waals surface area contributed by atoms with Gasteiger partial charge in [0, 0.05) is 5.92 Å². The molecule has 1 saturated heterocycles. The lowest BCUT2D eigenvalue weighted by atomic mass is 9.89. The summed E-state index contributed by atoms with van der Waals surface area (Å²) in [4.78, 5) is 23.5. The Hall–Kier alpha value is -0.860. The number of ketones is 1. The van der Waals surface area contributed by atoms with Crippen LogP contribution in [0.3, 0.4) is 0 Å². The average molecular weight is 206 g/mol. The zero-order valence-electron chi connectivity index (χ0n) is 8.79. The third-order valence-electron chi connectivity index (χ3n) is 5.21. The highest BCUT2D eigenvalue weighted by Gasteiger charge is 2.89. The second-order valence-electron chi connectivity index (χ2n) is 5.77. The molecule has 1 aliphatic heterocycles. The highest BCUT2D eigenvalue weighted by atomic mass is 16.6. The number of carbonyl (C=O) groups excluding carboxylic acids is 2. The summed E-state index contributed by atoms with van der Waals surface area (Å²) in [7, 11) is 0. The Bertz CT molecular complexity index is 372. The fourth-order valence-corrected chi connectivity index (χ4v) is 4.10. The van der Waals surface area contributed by atoms with Crippen molar-refractivity contribution in [2.45, 2.75) is 38.7 Å². The molecule has 0 amide bonds. The molecular weight excluding hydrogens is 192 g/mol. The third kappa shape index (κ3) is 0.704. The van der Waals surface area contributed by atoms with Crippen LogP contribution in [-0.2, 0) is 14.3 Å². The van der Waals surface area contributed by atoms with E-state index in [2.05, 4.69) is 0 Å². The van der Waals surface area contributed by atoms with Gasteiger partial charge < -0.3 is 4.74 Å². The van der Waals surface area contributed by atoms with Crippen LogP contribution in [0.4, 0.5) is 0 Å². The number of hydrogen-bond donors (Lipinski definition) is 0. The second-order valence-corrected chi connectivity index (χ2v) is 5.77. The van der Waals surface area contributed by atoms with Crippen molar-refractivity contribution in [3.63, 3.8) is 0 Å². The first-order valence-electron chi connectivity index (χ1n) is 5.87. The Balaban J connectivity index is 1.60. The molecule has 4 fully saturated rings. The normalized spacial score (nSPS) is 42.3. The van der Waals surface area contributed by atoms with Gasteiger partial charge in [0.2, 0.25) is 0 Å². The van der Waals surface area contributed by atoms with E-state index >= 15 is 0 Å². The maximum Gasteiger partial charge on any atom is 0.320 e. The van der Waals surface area contributed by atoms with E-state index in [1.54, 1.807) is 0 Å². The van der Waals surface area contributed by atoms with Crippen LogP contribution in [0.25, 0.3) is 0 Å². The lowest BCUT2D eigenvalue weighted by molar-refractivity contribution is -0.184. The summed E-state index contributed by atoms with van der Waals surface area (Å²) in [5.74, 6) is -0.280. The van der Waals surface area contributed by atoms with Gasteiger partial charge in [-0.3, -0.25) is 9.59 Å². The molecule has 3 nitrogen and oxygen atoms in total. The van der Waals surface area contributed by atoms with Gasteiger partial charge in [-0.25, -0.2) is 0 Å². The maximum atomic E-state index is 12.2. The topological polar surface area (TPSA) is 43.4 Å². The van der Waals surface area contributed by atoms with E-state index < -0.39 is 5.92 Å². The molecule has 0 radical (unpaired) electrons. The zero-order valence-corrected chi connectivity index (χ0v) is 8.79. The molecule has 0 unspecified atom stereocenters. The molecule has 3 aliphatic carbocycles. The van der Waals surface area contributed by atoms with Crippen LogP contribution in [0.1, 0.15) is 32.6 Å². The molecule has 0 aromatic carbocycles. The van der Waals surface area contributed by atoms with Gasteiger partial charge in [-0.1, -0.05) is 0 Å². The van der Waals surface area contributed by atoms with E-state index in [9.17, 15) is 9.59 Å². The van der Waals surface area contributed by atoms with Crippen molar-refractivity contribution in [1.29, 1.82) is 0 Å². The summed E-state index contributed by atoms with van der Waals surface area (Å²) >= 11 is 0. The van der Waals surface area contributed by atoms with Crippen LogP contribution >= 0.6 is 0 Å². The molecule has 4 aliphatic rings.